The van der Waals surface area contributed by atoms with Crippen LogP contribution in [0.5, 0.6) is 0 Å². The maximum atomic E-state index is 12.9. The second-order valence-corrected chi connectivity index (χ2v) is 11.2. The Kier molecular flexibility index (Phi) is 4.59. The lowest BCUT2D eigenvalue weighted by atomic mass is 9.43. The highest BCUT2D eigenvalue weighted by atomic mass is 127. The Balaban J connectivity index is 1.52. The van der Waals surface area contributed by atoms with Crippen LogP contribution in [0.15, 0.2) is 24.3 Å². The molecule has 5 fully saturated rings. The number of imidazole rings is 1. The number of aromatic nitrogens is 2. The molecular weight excluding hydrogens is 519 g/mol. The van der Waals surface area contributed by atoms with Crippen LogP contribution in [-0.2, 0) is 17.4 Å². The van der Waals surface area contributed by atoms with Crippen LogP contribution >= 0.6 is 22.9 Å². The SMILES string of the molecule is Cn1c(C2(C3C4CC5CC3CC(C(=O)NI)(C5)C4)CCCN2C(=O)O)nc2ccccc21. The maximum absolute atomic E-state index is 12.9. The van der Waals surface area contributed by atoms with Gasteiger partial charge in [0.1, 0.15) is 11.4 Å². The highest BCUT2D eigenvalue weighted by molar-refractivity contribution is 14.1. The zero-order valence-electron chi connectivity index (χ0n) is 18.3. The summed E-state index contributed by atoms with van der Waals surface area (Å²) in [5, 5.41) is 10.3. The van der Waals surface area contributed by atoms with Gasteiger partial charge in [0.2, 0.25) is 5.91 Å². The average Bonchev–Trinajstić information content (AvgIpc) is 3.35. The number of halogens is 1. The van der Waals surface area contributed by atoms with Crippen molar-refractivity contribution in [2.75, 3.05) is 6.54 Å². The molecule has 0 radical (unpaired) electrons. The fourth-order valence-corrected chi connectivity index (χ4v) is 9.12. The highest BCUT2D eigenvalue weighted by Crippen LogP contribution is 2.67. The normalized spacial score (nSPS) is 37.9. The molecule has 0 spiro atoms. The van der Waals surface area contributed by atoms with E-state index >= 15 is 0 Å². The quantitative estimate of drug-likeness (QED) is 0.439. The van der Waals surface area contributed by atoms with Crippen molar-refractivity contribution in [2.45, 2.75) is 50.5 Å². The van der Waals surface area contributed by atoms with Crippen molar-refractivity contribution < 1.29 is 14.7 Å². The van der Waals surface area contributed by atoms with E-state index in [1.165, 1.54) is 0 Å². The van der Waals surface area contributed by atoms with Crippen LogP contribution in [0.1, 0.15) is 50.8 Å². The summed E-state index contributed by atoms with van der Waals surface area (Å²) in [6, 6.07) is 8.09. The highest BCUT2D eigenvalue weighted by Gasteiger charge is 2.66. The Bertz CT molecular complexity index is 1100. The molecule has 1 aromatic carbocycles. The molecular formula is C24H29IN4O3. The van der Waals surface area contributed by atoms with Crippen molar-refractivity contribution >= 4 is 45.9 Å². The summed E-state index contributed by atoms with van der Waals surface area (Å²) >= 11 is 1.98. The van der Waals surface area contributed by atoms with Crippen molar-refractivity contribution in [3.8, 4) is 0 Å². The molecule has 4 saturated carbocycles. The van der Waals surface area contributed by atoms with E-state index in [4.69, 9.17) is 4.98 Å². The smallest absolute Gasteiger partial charge is 0.408 e. The zero-order chi connectivity index (χ0) is 22.3. The third kappa shape index (κ3) is 2.61. The van der Waals surface area contributed by atoms with Crippen LogP contribution in [0.25, 0.3) is 11.0 Å². The zero-order valence-corrected chi connectivity index (χ0v) is 20.4. The molecule has 32 heavy (non-hydrogen) atoms. The molecule has 7 nitrogen and oxygen atoms in total. The molecule has 8 heteroatoms. The van der Waals surface area contributed by atoms with Gasteiger partial charge in [0.15, 0.2) is 0 Å². The van der Waals surface area contributed by atoms with E-state index in [1.54, 1.807) is 4.90 Å². The van der Waals surface area contributed by atoms with Gasteiger partial charge in [0.25, 0.3) is 0 Å². The second kappa shape index (κ2) is 7.08. The number of hydrogen-bond acceptors (Lipinski definition) is 3. The van der Waals surface area contributed by atoms with Crippen LogP contribution < -0.4 is 3.53 Å². The van der Waals surface area contributed by atoms with Crippen LogP contribution in [0.3, 0.4) is 0 Å². The van der Waals surface area contributed by atoms with Gasteiger partial charge in [-0.2, -0.15) is 0 Å². The van der Waals surface area contributed by atoms with Crippen molar-refractivity contribution in [1.82, 2.24) is 18.0 Å². The van der Waals surface area contributed by atoms with Crippen LogP contribution in [-0.4, -0.2) is 38.1 Å². The molecule has 3 unspecified atom stereocenters. The number of amides is 2. The summed E-state index contributed by atoms with van der Waals surface area (Å²) in [6.45, 7) is 0.553. The van der Waals surface area contributed by atoms with Gasteiger partial charge in [-0.1, -0.05) is 12.1 Å². The molecule has 2 amide bonds. The third-order valence-electron chi connectivity index (χ3n) is 9.22. The summed E-state index contributed by atoms with van der Waals surface area (Å²) < 4.78 is 5.05. The first-order valence-electron chi connectivity index (χ1n) is 11.7. The number of nitrogens with zero attached hydrogens (tertiary/aromatic N) is 3. The van der Waals surface area contributed by atoms with Gasteiger partial charge in [-0.3, -0.25) is 13.2 Å². The average molecular weight is 548 g/mol. The number of nitrogens with one attached hydrogen (secondary N) is 1. The monoisotopic (exact) mass is 548 g/mol. The number of aryl methyl sites for hydroxylation is 1. The molecule has 2 aromatic rings. The van der Waals surface area contributed by atoms with E-state index in [0.29, 0.717) is 24.3 Å². The molecule has 1 aliphatic heterocycles. The molecule has 3 atom stereocenters. The molecule has 4 aliphatic carbocycles. The largest absolute Gasteiger partial charge is 0.465 e. The standard InChI is InChI=1S/C24H29IN4O3/c1-28-18-6-3-2-5-17(18)26-20(28)24(7-4-8-29(24)22(31)32)19-15-9-14-10-16(19)13-23(11-14,12-15)21(30)27-25/h2-3,5-6,14-16,19H,4,7-13H2,1H3,(H,27,30)(H,31,32). The van der Waals surface area contributed by atoms with Crippen LogP contribution in [0, 0.1) is 29.1 Å². The third-order valence-corrected chi connectivity index (χ3v) is 9.71. The Morgan fingerprint density at radius 2 is 1.91 bits per heavy atom. The van der Waals surface area contributed by atoms with Crippen molar-refractivity contribution in [1.29, 1.82) is 0 Å². The first-order chi connectivity index (χ1) is 15.4. The second-order valence-electron chi connectivity index (χ2n) is 10.6. The van der Waals surface area contributed by atoms with E-state index in [1.807, 2.05) is 48.1 Å². The molecule has 2 heterocycles. The van der Waals surface area contributed by atoms with Gasteiger partial charge in [-0.05, 0) is 80.8 Å². The minimum absolute atomic E-state index is 0.175. The molecule has 170 valence electrons. The summed E-state index contributed by atoms with van der Waals surface area (Å²) in [6.07, 6.45) is 5.77. The van der Waals surface area contributed by atoms with E-state index in [-0.39, 0.29) is 17.2 Å². The van der Waals surface area contributed by atoms with Gasteiger partial charge in [0, 0.05) is 13.6 Å². The van der Waals surface area contributed by atoms with E-state index in [2.05, 4.69) is 14.2 Å². The topological polar surface area (TPSA) is 87.5 Å². The van der Waals surface area contributed by atoms with Gasteiger partial charge in [-0.15, -0.1) is 0 Å². The molecule has 1 saturated heterocycles. The minimum atomic E-state index is -0.844. The van der Waals surface area contributed by atoms with E-state index < -0.39 is 11.6 Å². The van der Waals surface area contributed by atoms with Gasteiger partial charge in [-0.25, -0.2) is 9.78 Å². The number of fused-ring (bicyclic) bond motifs is 1. The summed E-state index contributed by atoms with van der Waals surface area (Å²) in [7, 11) is 2.03. The number of hydrogen-bond donors (Lipinski definition) is 2. The molecule has 5 aliphatic rings. The predicted molar refractivity (Wildman–Crippen MR) is 128 cm³/mol. The fourth-order valence-electron chi connectivity index (χ4n) is 8.55. The number of benzene rings is 1. The van der Waals surface area contributed by atoms with Crippen molar-refractivity contribution in [2.24, 2.45) is 36.1 Å². The number of para-hydroxylation sites is 2. The number of carboxylic acid groups (broad SMARTS) is 1. The fraction of sp³-hybridized carbons (Fsp3) is 0.625. The number of rotatable bonds is 3. The Hall–Kier alpha value is -1.84. The van der Waals surface area contributed by atoms with Gasteiger partial charge < -0.3 is 9.67 Å². The van der Waals surface area contributed by atoms with E-state index in [9.17, 15) is 14.7 Å². The van der Waals surface area contributed by atoms with Gasteiger partial charge in [0.05, 0.1) is 39.3 Å². The van der Waals surface area contributed by atoms with E-state index in [0.717, 1.165) is 61.8 Å². The van der Waals surface area contributed by atoms with Crippen molar-refractivity contribution in [3.63, 3.8) is 0 Å². The lowest BCUT2D eigenvalue weighted by molar-refractivity contribution is -0.164. The molecule has 2 N–H and O–H groups in total. The first kappa shape index (κ1) is 20.7. The molecule has 4 bridgehead atoms. The number of carbonyl (C=O) groups is 2. The maximum Gasteiger partial charge on any atom is 0.408 e. The number of carbonyl (C=O) groups excluding carboxylic acids is 1. The molecule has 1 aromatic heterocycles. The van der Waals surface area contributed by atoms with Gasteiger partial charge >= 0.3 is 6.09 Å². The summed E-state index contributed by atoms with van der Waals surface area (Å²) in [4.78, 5) is 32.3. The predicted octanol–water partition coefficient (Wildman–Crippen LogP) is 4.45. The molecule has 7 rings (SSSR count). The Morgan fingerprint density at radius 1 is 1.19 bits per heavy atom. The summed E-state index contributed by atoms with van der Waals surface area (Å²) in [5.74, 6) is 2.57. The minimum Gasteiger partial charge on any atom is -0.465 e. The lowest BCUT2D eigenvalue weighted by Gasteiger charge is -2.63. The lowest BCUT2D eigenvalue weighted by Crippen LogP contribution is -2.63. The first-order valence-corrected chi connectivity index (χ1v) is 12.8. The Morgan fingerprint density at radius 3 is 2.56 bits per heavy atom. The Labute approximate surface area is 201 Å². The summed E-state index contributed by atoms with van der Waals surface area (Å²) in [5.41, 5.74) is 1.08. The van der Waals surface area contributed by atoms with Crippen molar-refractivity contribution in [3.05, 3.63) is 30.1 Å². The van der Waals surface area contributed by atoms with Crippen LogP contribution in [0.4, 0.5) is 4.79 Å². The number of likely N-dealkylation sites (tertiary alicyclic amines) is 1. The van der Waals surface area contributed by atoms with Crippen LogP contribution in [0.2, 0.25) is 0 Å².